The van der Waals surface area contributed by atoms with Gasteiger partial charge in [0.05, 0.1) is 6.07 Å². The van der Waals surface area contributed by atoms with Gasteiger partial charge in [0, 0.05) is 19.6 Å². The molecule has 0 aromatic rings. The number of nitrogens with zero attached hydrogens (tertiary/aromatic N) is 2. The minimum atomic E-state index is -0.300. The molecule has 68 valence electrons. The third kappa shape index (κ3) is 2.20. The summed E-state index contributed by atoms with van der Waals surface area (Å²) in [5.41, 5.74) is -0.300. The van der Waals surface area contributed by atoms with Gasteiger partial charge in [-0.1, -0.05) is 0 Å². The molecule has 1 saturated heterocycles. The SMILES string of the molecule is CC(C)(C#N)N1CCCNCC1. The zero-order valence-electron chi connectivity index (χ0n) is 7.93. The maximum atomic E-state index is 8.93. The number of rotatable bonds is 1. The second-order valence-corrected chi connectivity index (χ2v) is 3.76. The molecule has 0 aromatic heterocycles. The van der Waals surface area contributed by atoms with Gasteiger partial charge in [0.25, 0.3) is 0 Å². The molecule has 0 radical (unpaired) electrons. The van der Waals surface area contributed by atoms with Crippen molar-refractivity contribution in [2.45, 2.75) is 25.8 Å². The van der Waals surface area contributed by atoms with Crippen molar-refractivity contribution in [1.29, 1.82) is 5.26 Å². The average Bonchev–Trinajstić information content (AvgIpc) is 2.32. The van der Waals surface area contributed by atoms with Crippen LogP contribution in [0.25, 0.3) is 0 Å². The summed E-state index contributed by atoms with van der Waals surface area (Å²) in [6.45, 7) is 8.08. The van der Waals surface area contributed by atoms with E-state index in [2.05, 4.69) is 16.3 Å². The van der Waals surface area contributed by atoms with Crippen LogP contribution < -0.4 is 5.32 Å². The maximum Gasteiger partial charge on any atom is 0.103 e. The van der Waals surface area contributed by atoms with Crippen LogP contribution in [0.4, 0.5) is 0 Å². The molecule has 3 heteroatoms. The molecular weight excluding hydrogens is 150 g/mol. The molecule has 1 aliphatic rings. The number of hydrogen-bond acceptors (Lipinski definition) is 3. The van der Waals surface area contributed by atoms with Crippen molar-refractivity contribution < 1.29 is 0 Å². The summed E-state index contributed by atoms with van der Waals surface area (Å²) in [5.74, 6) is 0. The summed E-state index contributed by atoms with van der Waals surface area (Å²) in [7, 11) is 0. The molecule has 0 aliphatic carbocycles. The van der Waals surface area contributed by atoms with E-state index in [1.54, 1.807) is 0 Å². The van der Waals surface area contributed by atoms with Gasteiger partial charge in [-0.25, -0.2) is 0 Å². The van der Waals surface area contributed by atoms with Crippen molar-refractivity contribution in [2.75, 3.05) is 26.2 Å². The number of nitrogens with one attached hydrogen (secondary N) is 1. The van der Waals surface area contributed by atoms with Crippen LogP contribution in [0.2, 0.25) is 0 Å². The quantitative estimate of drug-likeness (QED) is 0.621. The normalized spacial score (nSPS) is 21.4. The Balaban J connectivity index is 2.55. The Hall–Kier alpha value is -0.590. The third-order valence-electron chi connectivity index (χ3n) is 2.40. The highest BCUT2D eigenvalue weighted by Crippen LogP contribution is 2.13. The second kappa shape index (κ2) is 3.88. The Bertz CT molecular complexity index is 173. The van der Waals surface area contributed by atoms with Crippen molar-refractivity contribution in [3.05, 3.63) is 0 Å². The van der Waals surface area contributed by atoms with E-state index in [4.69, 9.17) is 5.26 Å². The molecule has 1 N–H and O–H groups in total. The van der Waals surface area contributed by atoms with E-state index in [-0.39, 0.29) is 5.54 Å². The fourth-order valence-corrected chi connectivity index (χ4v) is 1.48. The summed E-state index contributed by atoms with van der Waals surface area (Å²) in [6.07, 6.45) is 1.14. The zero-order chi connectivity index (χ0) is 9.03. The van der Waals surface area contributed by atoms with Crippen LogP contribution in [0.5, 0.6) is 0 Å². The molecule has 12 heavy (non-hydrogen) atoms. The van der Waals surface area contributed by atoms with Gasteiger partial charge < -0.3 is 5.32 Å². The molecule has 1 rings (SSSR count). The second-order valence-electron chi connectivity index (χ2n) is 3.76. The van der Waals surface area contributed by atoms with Gasteiger partial charge in [-0.2, -0.15) is 5.26 Å². The van der Waals surface area contributed by atoms with Gasteiger partial charge in [-0.15, -0.1) is 0 Å². The van der Waals surface area contributed by atoms with Gasteiger partial charge in [0.2, 0.25) is 0 Å². The summed E-state index contributed by atoms with van der Waals surface area (Å²) in [6, 6.07) is 2.34. The number of hydrogen-bond donors (Lipinski definition) is 1. The third-order valence-corrected chi connectivity index (χ3v) is 2.40. The first-order valence-electron chi connectivity index (χ1n) is 4.54. The Morgan fingerprint density at radius 2 is 2.08 bits per heavy atom. The van der Waals surface area contributed by atoms with Crippen molar-refractivity contribution in [1.82, 2.24) is 10.2 Å². The molecule has 0 atom stereocenters. The highest BCUT2D eigenvalue weighted by molar-refractivity contribution is 5.02. The average molecular weight is 167 g/mol. The largest absolute Gasteiger partial charge is 0.315 e. The first-order valence-corrected chi connectivity index (χ1v) is 4.54. The van der Waals surface area contributed by atoms with E-state index in [0.717, 1.165) is 32.6 Å². The van der Waals surface area contributed by atoms with Gasteiger partial charge in [-0.05, 0) is 26.8 Å². The molecule has 0 bridgehead atoms. The zero-order valence-corrected chi connectivity index (χ0v) is 7.93. The monoisotopic (exact) mass is 167 g/mol. The maximum absolute atomic E-state index is 8.93. The van der Waals surface area contributed by atoms with Gasteiger partial charge in [-0.3, -0.25) is 4.90 Å². The van der Waals surface area contributed by atoms with E-state index in [1.807, 2.05) is 13.8 Å². The summed E-state index contributed by atoms with van der Waals surface area (Å²) in [5, 5.41) is 12.2. The van der Waals surface area contributed by atoms with E-state index in [0.29, 0.717) is 0 Å². The number of nitriles is 1. The van der Waals surface area contributed by atoms with Gasteiger partial charge >= 0.3 is 0 Å². The predicted molar refractivity (Wildman–Crippen MR) is 48.8 cm³/mol. The Labute approximate surface area is 74.4 Å². The first kappa shape index (κ1) is 9.50. The van der Waals surface area contributed by atoms with Crippen LogP contribution in [0.3, 0.4) is 0 Å². The standard InChI is InChI=1S/C9H17N3/c1-9(2,8-10)12-6-3-4-11-5-7-12/h11H,3-7H2,1-2H3. The first-order chi connectivity index (χ1) is 5.67. The van der Waals surface area contributed by atoms with Gasteiger partial charge in [0.1, 0.15) is 5.54 Å². The fraction of sp³-hybridized carbons (Fsp3) is 0.889. The predicted octanol–water partition coefficient (Wildman–Crippen LogP) is 0.584. The molecule has 0 spiro atoms. The molecule has 1 fully saturated rings. The van der Waals surface area contributed by atoms with Crippen LogP contribution in [0, 0.1) is 11.3 Å². The molecule has 0 unspecified atom stereocenters. The molecule has 1 aliphatic heterocycles. The van der Waals surface area contributed by atoms with Crippen molar-refractivity contribution >= 4 is 0 Å². The molecule has 0 amide bonds. The smallest absolute Gasteiger partial charge is 0.103 e. The Morgan fingerprint density at radius 3 is 2.75 bits per heavy atom. The lowest BCUT2D eigenvalue weighted by atomic mass is 10.1. The molecular formula is C9H17N3. The Kier molecular flexibility index (Phi) is 3.07. The summed E-state index contributed by atoms with van der Waals surface area (Å²) in [4.78, 5) is 2.24. The van der Waals surface area contributed by atoms with Crippen LogP contribution in [0.15, 0.2) is 0 Å². The lowest BCUT2D eigenvalue weighted by Gasteiger charge is -2.31. The van der Waals surface area contributed by atoms with Crippen molar-refractivity contribution in [2.24, 2.45) is 0 Å². The minimum absolute atomic E-state index is 0.300. The molecule has 0 saturated carbocycles. The van der Waals surface area contributed by atoms with Crippen LogP contribution in [-0.2, 0) is 0 Å². The van der Waals surface area contributed by atoms with Gasteiger partial charge in [0.15, 0.2) is 0 Å². The lowest BCUT2D eigenvalue weighted by Crippen LogP contribution is -2.44. The van der Waals surface area contributed by atoms with E-state index in [9.17, 15) is 0 Å². The summed E-state index contributed by atoms with van der Waals surface area (Å²) >= 11 is 0. The summed E-state index contributed by atoms with van der Waals surface area (Å²) < 4.78 is 0. The highest BCUT2D eigenvalue weighted by Gasteiger charge is 2.26. The highest BCUT2D eigenvalue weighted by atomic mass is 15.2. The van der Waals surface area contributed by atoms with E-state index >= 15 is 0 Å². The topological polar surface area (TPSA) is 39.1 Å². The van der Waals surface area contributed by atoms with Crippen molar-refractivity contribution in [3.63, 3.8) is 0 Å². The van der Waals surface area contributed by atoms with E-state index in [1.165, 1.54) is 0 Å². The van der Waals surface area contributed by atoms with Crippen LogP contribution in [0.1, 0.15) is 20.3 Å². The van der Waals surface area contributed by atoms with Crippen LogP contribution in [-0.4, -0.2) is 36.6 Å². The van der Waals surface area contributed by atoms with Crippen molar-refractivity contribution in [3.8, 4) is 6.07 Å². The van der Waals surface area contributed by atoms with E-state index < -0.39 is 0 Å². The lowest BCUT2D eigenvalue weighted by molar-refractivity contribution is 0.180. The van der Waals surface area contributed by atoms with Crippen LogP contribution >= 0.6 is 0 Å². The molecule has 3 nitrogen and oxygen atoms in total. The molecule has 0 aromatic carbocycles. The fourth-order valence-electron chi connectivity index (χ4n) is 1.48. The minimum Gasteiger partial charge on any atom is -0.315 e. The molecule has 1 heterocycles. The Morgan fingerprint density at radius 1 is 1.33 bits per heavy atom.